The normalized spacial score (nSPS) is 17.0. The van der Waals surface area contributed by atoms with E-state index in [0.717, 1.165) is 52.6 Å². The zero-order valence-electron chi connectivity index (χ0n) is 16.4. The van der Waals surface area contributed by atoms with Gasteiger partial charge in [-0.2, -0.15) is 13.2 Å². The Morgan fingerprint density at radius 2 is 2.00 bits per heavy atom. The second-order valence-corrected chi connectivity index (χ2v) is 6.67. The number of methoxy groups -OCH3 is 1. The summed E-state index contributed by atoms with van der Waals surface area (Å²) in [6, 6.07) is 0.226. The first kappa shape index (κ1) is 23.5. The number of likely N-dealkylation sites (N-methyl/N-ethyl adjacent to an activating group) is 1. The molecule has 1 saturated heterocycles. The van der Waals surface area contributed by atoms with Gasteiger partial charge in [-0.25, -0.2) is 4.99 Å². The molecule has 0 aliphatic carbocycles. The summed E-state index contributed by atoms with van der Waals surface area (Å²) in [5.74, 6) is -0.207. The van der Waals surface area contributed by atoms with E-state index in [1.165, 1.54) is 0 Å². The molecule has 1 amide bonds. The van der Waals surface area contributed by atoms with Gasteiger partial charge < -0.3 is 25.2 Å². The Hall–Kier alpha value is -1.55. The van der Waals surface area contributed by atoms with Crippen LogP contribution in [-0.4, -0.2) is 93.9 Å². The van der Waals surface area contributed by atoms with Crippen molar-refractivity contribution >= 4 is 11.9 Å². The molecule has 1 aliphatic rings. The molecule has 158 valence electrons. The zero-order chi connectivity index (χ0) is 20.3. The molecule has 0 aromatic carbocycles. The maximum absolute atomic E-state index is 12.4. The van der Waals surface area contributed by atoms with E-state index >= 15 is 0 Å². The number of carbonyl (C=O) groups excluding carboxylic acids is 1. The van der Waals surface area contributed by atoms with Crippen LogP contribution >= 0.6 is 0 Å². The van der Waals surface area contributed by atoms with Gasteiger partial charge in [0.25, 0.3) is 0 Å². The lowest BCUT2D eigenvalue weighted by Crippen LogP contribution is -2.49. The van der Waals surface area contributed by atoms with Crippen molar-refractivity contribution in [3.05, 3.63) is 0 Å². The molecule has 0 spiro atoms. The topological polar surface area (TPSA) is 69.2 Å². The lowest BCUT2D eigenvalue weighted by atomic mass is 10.1. The average molecular weight is 395 g/mol. The molecule has 0 radical (unpaired) electrons. The second kappa shape index (κ2) is 12.0. The van der Waals surface area contributed by atoms with E-state index in [4.69, 9.17) is 4.74 Å². The number of amides is 1. The predicted molar refractivity (Wildman–Crippen MR) is 98.8 cm³/mol. The van der Waals surface area contributed by atoms with E-state index < -0.39 is 18.6 Å². The van der Waals surface area contributed by atoms with Gasteiger partial charge in [-0.1, -0.05) is 0 Å². The lowest BCUT2D eigenvalue weighted by molar-refractivity contribution is -0.157. The van der Waals surface area contributed by atoms with Gasteiger partial charge in [0.05, 0.1) is 0 Å². The van der Waals surface area contributed by atoms with Gasteiger partial charge in [0, 0.05) is 53.0 Å². The third-order valence-electron chi connectivity index (χ3n) is 4.31. The molecular weight excluding hydrogens is 363 g/mol. The minimum absolute atomic E-state index is 0.226. The summed E-state index contributed by atoms with van der Waals surface area (Å²) in [5, 5.41) is 6.32. The highest BCUT2D eigenvalue weighted by Crippen LogP contribution is 2.15. The number of nitrogens with one attached hydrogen (secondary N) is 2. The average Bonchev–Trinajstić information content (AvgIpc) is 2.59. The number of likely N-dealkylation sites (tertiary alicyclic amines) is 1. The Kier molecular flexibility index (Phi) is 10.5. The lowest BCUT2D eigenvalue weighted by Gasteiger charge is -2.33. The van der Waals surface area contributed by atoms with Gasteiger partial charge in [0.1, 0.15) is 13.1 Å². The van der Waals surface area contributed by atoms with Crippen LogP contribution in [0.1, 0.15) is 26.2 Å². The highest BCUT2D eigenvalue weighted by molar-refractivity contribution is 5.85. The van der Waals surface area contributed by atoms with Crippen LogP contribution in [0.5, 0.6) is 0 Å². The molecule has 0 atom stereocenters. The van der Waals surface area contributed by atoms with Crippen LogP contribution in [0.15, 0.2) is 4.99 Å². The quantitative estimate of drug-likeness (QED) is 0.347. The summed E-state index contributed by atoms with van der Waals surface area (Å²) >= 11 is 0. The molecule has 0 unspecified atom stereocenters. The number of piperidine rings is 1. The van der Waals surface area contributed by atoms with Crippen LogP contribution in [0.2, 0.25) is 0 Å². The monoisotopic (exact) mass is 395 g/mol. The minimum atomic E-state index is -4.41. The molecule has 1 rings (SSSR count). The number of nitrogens with zero attached hydrogens (tertiary/aromatic N) is 3. The van der Waals surface area contributed by atoms with Crippen LogP contribution in [0.3, 0.4) is 0 Å². The summed E-state index contributed by atoms with van der Waals surface area (Å²) in [6.07, 6.45) is -1.51. The molecule has 1 aliphatic heterocycles. The van der Waals surface area contributed by atoms with Gasteiger partial charge in [0.2, 0.25) is 5.91 Å². The van der Waals surface area contributed by atoms with Crippen molar-refractivity contribution in [1.29, 1.82) is 0 Å². The number of hydrogen-bond acceptors (Lipinski definition) is 4. The number of hydrogen-bond donors (Lipinski definition) is 2. The number of guanidine groups is 1. The summed E-state index contributed by atoms with van der Waals surface area (Å²) < 4.78 is 42.1. The van der Waals surface area contributed by atoms with Gasteiger partial charge in [-0.15, -0.1) is 0 Å². The fraction of sp³-hybridized carbons (Fsp3) is 0.882. The Bertz CT molecular complexity index is 466. The fourth-order valence-corrected chi connectivity index (χ4v) is 2.87. The first-order valence-electron chi connectivity index (χ1n) is 9.32. The molecule has 0 aromatic heterocycles. The number of halogens is 3. The van der Waals surface area contributed by atoms with Crippen molar-refractivity contribution in [2.24, 2.45) is 4.99 Å². The largest absolute Gasteiger partial charge is 0.406 e. The van der Waals surface area contributed by atoms with Crippen LogP contribution in [-0.2, 0) is 9.53 Å². The molecule has 0 bridgehead atoms. The van der Waals surface area contributed by atoms with E-state index in [2.05, 4.69) is 20.5 Å². The van der Waals surface area contributed by atoms with Crippen molar-refractivity contribution in [2.75, 3.05) is 60.0 Å². The molecule has 7 nitrogen and oxygen atoms in total. The first-order valence-corrected chi connectivity index (χ1v) is 9.32. The third-order valence-corrected chi connectivity index (χ3v) is 4.31. The highest BCUT2D eigenvalue weighted by Gasteiger charge is 2.31. The first-order chi connectivity index (χ1) is 12.7. The van der Waals surface area contributed by atoms with Crippen molar-refractivity contribution < 1.29 is 22.7 Å². The fourth-order valence-electron chi connectivity index (χ4n) is 2.87. The molecule has 0 saturated carbocycles. The maximum Gasteiger partial charge on any atom is 0.406 e. The van der Waals surface area contributed by atoms with E-state index in [0.29, 0.717) is 17.4 Å². The number of carbonyl (C=O) groups is 1. The molecule has 1 fully saturated rings. The summed E-state index contributed by atoms with van der Waals surface area (Å²) in [4.78, 5) is 19.0. The molecular formula is C17H32F3N5O2. The molecule has 1 heterocycles. The van der Waals surface area contributed by atoms with Crippen LogP contribution < -0.4 is 10.6 Å². The van der Waals surface area contributed by atoms with E-state index in [9.17, 15) is 18.0 Å². The maximum atomic E-state index is 12.4. The summed E-state index contributed by atoms with van der Waals surface area (Å²) in [7, 11) is 2.83. The number of ether oxygens (including phenoxy) is 1. The minimum Gasteiger partial charge on any atom is -0.385 e. The van der Waals surface area contributed by atoms with Crippen molar-refractivity contribution in [2.45, 2.75) is 38.4 Å². The number of alkyl halides is 3. The van der Waals surface area contributed by atoms with Gasteiger partial charge in [-0.3, -0.25) is 4.79 Å². The van der Waals surface area contributed by atoms with Crippen molar-refractivity contribution in [3.63, 3.8) is 0 Å². The Labute approximate surface area is 159 Å². The Morgan fingerprint density at radius 1 is 1.33 bits per heavy atom. The number of rotatable bonds is 9. The number of aliphatic imine (C=N–C) groups is 1. The zero-order valence-corrected chi connectivity index (χ0v) is 16.4. The van der Waals surface area contributed by atoms with Crippen molar-refractivity contribution in [1.82, 2.24) is 20.4 Å². The summed E-state index contributed by atoms with van der Waals surface area (Å²) in [5.41, 5.74) is 0. The van der Waals surface area contributed by atoms with Crippen LogP contribution in [0.4, 0.5) is 13.2 Å². The van der Waals surface area contributed by atoms with Gasteiger partial charge in [-0.05, 0) is 26.2 Å². The molecule has 0 aromatic rings. The molecule has 2 N–H and O–H groups in total. The Balaban J connectivity index is 2.45. The standard InChI is InChI=1S/C17H32F3N5O2/c1-4-21-16(22-12-15(26)24(2)13-17(18,19)20)23-14-6-9-25(10-7-14)8-5-11-27-3/h14H,4-13H2,1-3H3,(H2,21,22,23). The van der Waals surface area contributed by atoms with E-state index in [1.807, 2.05) is 6.92 Å². The SMILES string of the molecule is CCNC(=NCC(=O)N(C)CC(F)(F)F)NC1CCN(CCCOC)CC1. The molecule has 27 heavy (non-hydrogen) atoms. The summed E-state index contributed by atoms with van der Waals surface area (Å²) in [6.45, 7) is 4.61. The Morgan fingerprint density at radius 3 is 2.56 bits per heavy atom. The van der Waals surface area contributed by atoms with Gasteiger partial charge in [0.15, 0.2) is 5.96 Å². The van der Waals surface area contributed by atoms with E-state index in [1.54, 1.807) is 7.11 Å². The van der Waals surface area contributed by atoms with Gasteiger partial charge >= 0.3 is 6.18 Å². The van der Waals surface area contributed by atoms with Crippen LogP contribution in [0, 0.1) is 0 Å². The predicted octanol–water partition coefficient (Wildman–Crippen LogP) is 1.06. The van der Waals surface area contributed by atoms with Crippen molar-refractivity contribution in [3.8, 4) is 0 Å². The smallest absolute Gasteiger partial charge is 0.385 e. The second-order valence-electron chi connectivity index (χ2n) is 6.67. The molecule has 10 heteroatoms. The third kappa shape index (κ3) is 10.4. The highest BCUT2D eigenvalue weighted by atomic mass is 19.4. The van der Waals surface area contributed by atoms with Crippen LogP contribution in [0.25, 0.3) is 0 Å². The van der Waals surface area contributed by atoms with E-state index in [-0.39, 0.29) is 12.6 Å².